The summed E-state index contributed by atoms with van der Waals surface area (Å²) in [5, 5.41) is 9.85. The van der Waals surface area contributed by atoms with Crippen LogP contribution < -0.4 is 20.1 Å². The van der Waals surface area contributed by atoms with Crippen molar-refractivity contribution in [1.82, 2.24) is 10.2 Å². The van der Waals surface area contributed by atoms with Gasteiger partial charge in [-0.25, -0.2) is 14.2 Å². The summed E-state index contributed by atoms with van der Waals surface area (Å²) in [5.41, 5.74) is 8.87. The van der Waals surface area contributed by atoms with Crippen molar-refractivity contribution < 1.29 is 51.0 Å². The standard InChI is InChI=1S/C34H36N3O6P.C2HF3O2/c35-31(22-12-13-23-36-34(39)41-25-26-14-4-1-5-15-26)32(38)37-24-27-16-10-11-21-30(27)33(37)44(40,42-28-17-6-2-7-18-28)43-29-19-8-3-9-20-29;3-2(4,5)1(6)7/h1-11,14-21,31,33H,12-13,22-25,35H2,(H,36,39);(H,6,7)/t31-,33?;/m0./s1. The number of carboxylic acid groups (broad SMARTS) is 1. The smallest absolute Gasteiger partial charge is 0.475 e. The molecular weight excluding hydrogens is 690 g/mol. The first kappa shape index (κ1) is 38.5. The molecule has 0 saturated heterocycles. The molecule has 0 spiro atoms. The molecule has 0 radical (unpaired) electrons. The molecule has 270 valence electrons. The number of hydrogen-bond acceptors (Lipinski definition) is 8. The molecule has 0 aliphatic carbocycles. The third kappa shape index (κ3) is 11.3. The van der Waals surface area contributed by atoms with E-state index in [0.717, 1.165) is 11.1 Å². The summed E-state index contributed by atoms with van der Waals surface area (Å²) in [6, 6.07) is 33.6. The number of carboxylic acids is 1. The molecule has 1 heterocycles. The minimum Gasteiger partial charge on any atom is -0.475 e. The zero-order valence-corrected chi connectivity index (χ0v) is 28.2. The normalized spacial score (nSPS) is 14.3. The number of halogens is 3. The summed E-state index contributed by atoms with van der Waals surface area (Å²) in [4.78, 5) is 36.3. The van der Waals surface area contributed by atoms with Gasteiger partial charge in [0.1, 0.15) is 18.1 Å². The van der Waals surface area contributed by atoms with Crippen LogP contribution in [-0.2, 0) is 32.0 Å². The van der Waals surface area contributed by atoms with Crippen LogP contribution in [0.25, 0.3) is 0 Å². The number of alkyl carbamates (subject to hydrolysis) is 1. The van der Waals surface area contributed by atoms with Gasteiger partial charge in [-0.2, -0.15) is 13.2 Å². The van der Waals surface area contributed by atoms with Crippen molar-refractivity contribution in [3.05, 3.63) is 132 Å². The number of benzene rings is 4. The highest BCUT2D eigenvalue weighted by molar-refractivity contribution is 7.55. The lowest BCUT2D eigenvalue weighted by molar-refractivity contribution is -0.192. The largest absolute Gasteiger partial charge is 0.490 e. The summed E-state index contributed by atoms with van der Waals surface area (Å²) in [6.45, 7) is 0.803. The minimum atomic E-state index is -5.08. The lowest BCUT2D eigenvalue weighted by Gasteiger charge is -2.32. The predicted molar refractivity (Wildman–Crippen MR) is 182 cm³/mol. The van der Waals surface area contributed by atoms with Gasteiger partial charge >= 0.3 is 25.8 Å². The van der Waals surface area contributed by atoms with Gasteiger partial charge in [0.05, 0.1) is 6.04 Å². The molecule has 4 N–H and O–H groups in total. The first-order chi connectivity index (χ1) is 24.4. The Hall–Kier alpha value is -5.33. The number of hydrogen-bond donors (Lipinski definition) is 3. The van der Waals surface area contributed by atoms with Crippen LogP contribution in [0.1, 0.15) is 41.7 Å². The summed E-state index contributed by atoms with van der Waals surface area (Å²) in [6.07, 6.45) is -4.00. The highest BCUT2D eigenvalue weighted by Gasteiger charge is 2.51. The van der Waals surface area contributed by atoms with Crippen LogP contribution >= 0.6 is 7.60 Å². The topological polar surface area (TPSA) is 157 Å². The fourth-order valence-corrected chi connectivity index (χ4v) is 7.27. The van der Waals surface area contributed by atoms with Gasteiger partial charge in [-0.05, 0) is 60.2 Å². The van der Waals surface area contributed by atoms with Gasteiger partial charge in [0, 0.05) is 13.1 Å². The number of amides is 2. The first-order valence-corrected chi connectivity index (χ1v) is 17.5. The summed E-state index contributed by atoms with van der Waals surface area (Å²) in [7, 11) is -4.08. The van der Waals surface area contributed by atoms with Crippen LogP contribution in [0.15, 0.2) is 115 Å². The molecule has 1 unspecified atom stereocenters. The number of nitrogens with one attached hydrogen (secondary N) is 1. The van der Waals surface area contributed by atoms with E-state index >= 15 is 0 Å². The van der Waals surface area contributed by atoms with E-state index in [4.69, 9.17) is 29.4 Å². The van der Waals surface area contributed by atoms with Crippen LogP contribution in [-0.4, -0.2) is 46.7 Å². The van der Waals surface area contributed by atoms with Gasteiger partial charge in [-0.3, -0.25) is 4.79 Å². The third-order valence-electron chi connectivity index (χ3n) is 7.49. The van der Waals surface area contributed by atoms with Crippen LogP contribution in [0.3, 0.4) is 0 Å². The fraction of sp³-hybridized carbons (Fsp3) is 0.250. The van der Waals surface area contributed by atoms with Crippen LogP contribution in [0, 0.1) is 0 Å². The number of para-hydroxylation sites is 2. The molecule has 1 aliphatic rings. The number of fused-ring (bicyclic) bond motifs is 1. The molecular formula is C36H37F3N3O8P. The highest BCUT2D eigenvalue weighted by atomic mass is 31.2. The minimum absolute atomic E-state index is 0.192. The molecule has 15 heteroatoms. The number of carbonyl (C=O) groups is 3. The second kappa shape index (κ2) is 18.1. The van der Waals surface area contributed by atoms with E-state index < -0.39 is 37.7 Å². The van der Waals surface area contributed by atoms with Gasteiger partial charge < -0.3 is 34.8 Å². The van der Waals surface area contributed by atoms with Crippen LogP contribution in [0.5, 0.6) is 11.5 Å². The monoisotopic (exact) mass is 727 g/mol. The van der Waals surface area contributed by atoms with E-state index in [-0.39, 0.29) is 19.1 Å². The Morgan fingerprint density at radius 3 is 1.90 bits per heavy atom. The molecule has 1 aliphatic heterocycles. The molecule has 0 saturated carbocycles. The molecule has 0 fully saturated rings. The fourth-order valence-electron chi connectivity index (χ4n) is 5.07. The quantitative estimate of drug-likeness (QED) is 0.0941. The van der Waals surface area contributed by atoms with Gasteiger partial charge in [0.15, 0.2) is 5.78 Å². The number of nitrogens with two attached hydrogens (primary N) is 1. The van der Waals surface area contributed by atoms with Crippen LogP contribution in [0.2, 0.25) is 0 Å². The molecule has 5 rings (SSSR count). The van der Waals surface area contributed by atoms with Gasteiger partial charge in [0.25, 0.3) is 0 Å². The lowest BCUT2D eigenvalue weighted by atomic mass is 10.1. The number of alkyl halides is 3. The summed E-state index contributed by atoms with van der Waals surface area (Å²) >= 11 is 0. The number of unbranched alkanes of at least 4 members (excludes halogenated alkanes) is 1. The zero-order valence-electron chi connectivity index (χ0n) is 27.3. The predicted octanol–water partition coefficient (Wildman–Crippen LogP) is 7.44. The molecule has 51 heavy (non-hydrogen) atoms. The molecule has 0 aromatic heterocycles. The van der Waals surface area contributed by atoms with Crippen molar-refractivity contribution in [2.75, 3.05) is 6.54 Å². The van der Waals surface area contributed by atoms with Crippen molar-refractivity contribution in [1.29, 1.82) is 0 Å². The highest BCUT2D eigenvalue weighted by Crippen LogP contribution is 2.64. The van der Waals surface area contributed by atoms with E-state index in [1.54, 1.807) is 48.5 Å². The maximum atomic E-state index is 14.8. The maximum Gasteiger partial charge on any atom is 0.490 e. The number of carbonyl (C=O) groups excluding carboxylic acids is 2. The van der Waals surface area contributed by atoms with Gasteiger partial charge in [0.2, 0.25) is 5.91 Å². The van der Waals surface area contributed by atoms with Crippen molar-refractivity contribution in [2.24, 2.45) is 5.73 Å². The van der Waals surface area contributed by atoms with Crippen molar-refractivity contribution >= 4 is 25.6 Å². The number of rotatable bonds is 13. The zero-order chi connectivity index (χ0) is 36.9. The Bertz CT molecular complexity index is 1740. The SMILES string of the molecule is N[C@@H](CCCCNC(=O)OCc1ccccc1)C(=O)N1Cc2ccccc2C1P(=O)(Oc1ccccc1)Oc1ccccc1.O=C(O)C(F)(F)F. The Morgan fingerprint density at radius 1 is 0.843 bits per heavy atom. The van der Waals surface area contributed by atoms with E-state index in [1.807, 2.05) is 66.7 Å². The molecule has 4 aromatic carbocycles. The average Bonchev–Trinajstić information content (AvgIpc) is 3.52. The first-order valence-electron chi connectivity index (χ1n) is 15.8. The van der Waals surface area contributed by atoms with Crippen molar-refractivity contribution in [2.45, 2.75) is 50.4 Å². The molecule has 11 nitrogen and oxygen atoms in total. The summed E-state index contributed by atoms with van der Waals surface area (Å²) in [5.74, 6) is -3.38. The molecule has 2 amide bonds. The Balaban J connectivity index is 0.000000755. The third-order valence-corrected chi connectivity index (χ3v) is 9.57. The Kier molecular flexibility index (Phi) is 13.6. The Morgan fingerprint density at radius 2 is 1.35 bits per heavy atom. The van der Waals surface area contributed by atoms with E-state index in [9.17, 15) is 27.3 Å². The van der Waals surface area contributed by atoms with Gasteiger partial charge in [-0.15, -0.1) is 0 Å². The molecule has 4 aromatic rings. The Labute approximate surface area is 292 Å². The number of nitrogens with zero attached hydrogens (tertiary/aromatic N) is 1. The maximum absolute atomic E-state index is 14.8. The second-order valence-corrected chi connectivity index (χ2v) is 13.2. The second-order valence-electron chi connectivity index (χ2n) is 11.3. The summed E-state index contributed by atoms with van der Waals surface area (Å²) < 4.78 is 64.1. The molecule has 0 bridgehead atoms. The van der Waals surface area contributed by atoms with E-state index in [1.165, 1.54) is 4.90 Å². The lowest BCUT2D eigenvalue weighted by Crippen LogP contribution is -2.43. The van der Waals surface area contributed by atoms with Crippen molar-refractivity contribution in [3.8, 4) is 11.5 Å². The number of aliphatic carboxylic acids is 1. The van der Waals surface area contributed by atoms with E-state index in [0.29, 0.717) is 42.9 Å². The number of ether oxygens (including phenoxy) is 1. The average molecular weight is 728 g/mol. The van der Waals surface area contributed by atoms with E-state index in [2.05, 4.69) is 5.32 Å². The van der Waals surface area contributed by atoms with Gasteiger partial charge in [-0.1, -0.05) is 91.0 Å². The van der Waals surface area contributed by atoms with Crippen molar-refractivity contribution in [3.63, 3.8) is 0 Å². The molecule has 2 atom stereocenters. The van der Waals surface area contributed by atoms with Crippen LogP contribution in [0.4, 0.5) is 18.0 Å².